The minimum atomic E-state index is 0.500. The van der Waals surface area contributed by atoms with Crippen LogP contribution in [0.2, 0.25) is 0 Å². The van der Waals surface area contributed by atoms with Crippen LogP contribution in [0.1, 0.15) is 66.5 Å². The summed E-state index contributed by atoms with van der Waals surface area (Å²) in [4.78, 5) is 8.69. The summed E-state index contributed by atoms with van der Waals surface area (Å²) in [6.07, 6.45) is 1.60. The van der Waals surface area contributed by atoms with Gasteiger partial charge in [0.1, 0.15) is 12.1 Å². The maximum absolute atomic E-state index is 4.35. The molecule has 0 bridgehead atoms. The number of rotatable bonds is 2. The zero-order valence-electron chi connectivity index (χ0n) is 19.5. The Morgan fingerprint density at radius 3 is 1.79 bits per heavy atom. The van der Waals surface area contributed by atoms with Gasteiger partial charge in [-0.3, -0.25) is 0 Å². The molecule has 0 aliphatic heterocycles. The lowest BCUT2D eigenvalue weighted by molar-refractivity contribution is 0.469. The minimum Gasteiger partial charge on any atom is -0.340 e. The average molecular weight is 382 g/mol. The monoisotopic (exact) mass is 381 g/mol. The predicted octanol–water partition coefficient (Wildman–Crippen LogP) is 8.10. The van der Waals surface area contributed by atoms with Crippen molar-refractivity contribution in [2.45, 2.75) is 69.2 Å². The number of nitrogens with zero attached hydrogens (tertiary/aromatic N) is 2. The van der Waals surface area contributed by atoms with Crippen molar-refractivity contribution in [2.24, 2.45) is 5.41 Å². The number of anilines is 2. The molecule has 1 aromatic heterocycles. The van der Waals surface area contributed by atoms with Crippen molar-refractivity contribution < 1.29 is 0 Å². The number of aryl methyl sites for hydroxylation is 2. The summed E-state index contributed by atoms with van der Waals surface area (Å²) in [6, 6.07) is 14.3. The third-order valence-electron chi connectivity index (χ3n) is 3.29. The number of aromatic nitrogens is 2. The topological polar surface area (TPSA) is 37.8 Å². The second-order valence-corrected chi connectivity index (χ2v) is 7.67. The van der Waals surface area contributed by atoms with Gasteiger partial charge in [-0.1, -0.05) is 73.6 Å². The largest absolute Gasteiger partial charge is 0.340 e. The van der Waals surface area contributed by atoms with E-state index in [9.17, 15) is 0 Å². The molecule has 0 spiro atoms. The van der Waals surface area contributed by atoms with Gasteiger partial charge < -0.3 is 5.32 Å². The normalized spacial score (nSPS) is 9.79. The van der Waals surface area contributed by atoms with E-state index in [-0.39, 0.29) is 0 Å². The molecule has 0 amide bonds. The molecule has 0 saturated carbocycles. The highest BCUT2D eigenvalue weighted by atomic mass is 15.0. The maximum Gasteiger partial charge on any atom is 0.141 e. The van der Waals surface area contributed by atoms with Crippen molar-refractivity contribution >= 4 is 22.4 Å². The summed E-state index contributed by atoms with van der Waals surface area (Å²) in [5, 5.41) is 4.39. The molecule has 0 fully saturated rings. The lowest BCUT2D eigenvalue weighted by Crippen LogP contribution is -1.96. The van der Waals surface area contributed by atoms with E-state index in [1.165, 1.54) is 11.1 Å². The van der Waals surface area contributed by atoms with Gasteiger partial charge in [-0.25, -0.2) is 9.97 Å². The molecule has 0 aliphatic carbocycles. The van der Waals surface area contributed by atoms with Crippen molar-refractivity contribution in [3.63, 3.8) is 0 Å². The quantitative estimate of drug-likeness (QED) is 0.487. The Labute approximate surface area is 172 Å². The van der Waals surface area contributed by atoms with E-state index in [4.69, 9.17) is 0 Å². The smallest absolute Gasteiger partial charge is 0.141 e. The van der Waals surface area contributed by atoms with Crippen LogP contribution in [0.25, 0.3) is 10.9 Å². The van der Waals surface area contributed by atoms with Crippen molar-refractivity contribution in [3.05, 3.63) is 59.9 Å². The fraction of sp³-hybridized carbons (Fsp3) is 0.440. The molecule has 1 heterocycles. The first kappa shape index (κ1) is 25.6. The standard InChI is InChI=1S/C16H15N3.C5H12.2C2H6/c1-11-8-14-15(9-12(11)2)17-10-18-16(14)19-13-6-4-3-5-7-13;1-5(2,3)4;2*1-2/h3-10H,1-2H3,(H,17,18,19);1-4H3;2*1-2H3. The highest BCUT2D eigenvalue weighted by Gasteiger charge is 2.06. The molecule has 2 aromatic carbocycles. The fourth-order valence-corrected chi connectivity index (χ4v) is 2.07. The highest BCUT2D eigenvalue weighted by Crippen LogP contribution is 2.25. The highest BCUT2D eigenvalue weighted by molar-refractivity contribution is 5.91. The van der Waals surface area contributed by atoms with Crippen LogP contribution >= 0.6 is 0 Å². The van der Waals surface area contributed by atoms with E-state index < -0.39 is 0 Å². The van der Waals surface area contributed by atoms with Gasteiger partial charge in [-0.05, 0) is 54.7 Å². The molecule has 0 saturated heterocycles. The summed E-state index contributed by atoms with van der Waals surface area (Å²) in [5.74, 6) is 0.847. The molecule has 3 aromatic rings. The van der Waals surface area contributed by atoms with E-state index in [1.54, 1.807) is 6.33 Å². The van der Waals surface area contributed by atoms with Gasteiger partial charge in [0.05, 0.1) is 5.52 Å². The molecule has 3 heteroatoms. The number of hydrogen-bond donors (Lipinski definition) is 1. The first-order valence-electron chi connectivity index (χ1n) is 10.3. The van der Waals surface area contributed by atoms with Gasteiger partial charge in [0, 0.05) is 11.1 Å². The second kappa shape index (κ2) is 12.9. The van der Waals surface area contributed by atoms with Crippen LogP contribution in [0.15, 0.2) is 48.8 Å². The molecule has 3 nitrogen and oxygen atoms in total. The van der Waals surface area contributed by atoms with Crippen LogP contribution in [0.5, 0.6) is 0 Å². The number of para-hydroxylation sites is 1. The minimum absolute atomic E-state index is 0.500. The summed E-state index contributed by atoms with van der Waals surface area (Å²) in [5.41, 5.74) is 4.99. The van der Waals surface area contributed by atoms with E-state index in [0.717, 1.165) is 22.4 Å². The Kier molecular flexibility index (Phi) is 11.8. The van der Waals surface area contributed by atoms with Gasteiger partial charge in [0.2, 0.25) is 0 Å². The Morgan fingerprint density at radius 2 is 1.25 bits per heavy atom. The van der Waals surface area contributed by atoms with Crippen LogP contribution in [0, 0.1) is 19.3 Å². The van der Waals surface area contributed by atoms with Crippen LogP contribution in [0.4, 0.5) is 11.5 Å². The van der Waals surface area contributed by atoms with Crippen LogP contribution < -0.4 is 5.32 Å². The van der Waals surface area contributed by atoms with Gasteiger partial charge in [0.15, 0.2) is 0 Å². The first-order valence-corrected chi connectivity index (χ1v) is 10.3. The van der Waals surface area contributed by atoms with Crippen molar-refractivity contribution in [3.8, 4) is 0 Å². The van der Waals surface area contributed by atoms with Gasteiger partial charge in [0.25, 0.3) is 0 Å². The third kappa shape index (κ3) is 9.50. The first-order chi connectivity index (χ1) is 13.2. The van der Waals surface area contributed by atoms with Crippen molar-refractivity contribution in [2.75, 3.05) is 5.32 Å². The molecular formula is C25H39N3. The Hall–Kier alpha value is -2.42. The molecular weight excluding hydrogens is 342 g/mol. The van der Waals surface area contributed by atoms with Gasteiger partial charge >= 0.3 is 0 Å². The lowest BCUT2D eigenvalue weighted by Gasteiger charge is -2.09. The number of hydrogen-bond acceptors (Lipinski definition) is 3. The summed E-state index contributed by atoms with van der Waals surface area (Å²) in [6.45, 7) is 21.0. The van der Waals surface area contributed by atoms with Crippen LogP contribution in [0.3, 0.4) is 0 Å². The molecule has 3 rings (SSSR count). The summed E-state index contributed by atoms with van der Waals surface area (Å²) < 4.78 is 0. The average Bonchev–Trinajstić information content (AvgIpc) is 2.66. The van der Waals surface area contributed by atoms with E-state index in [1.807, 2.05) is 58.0 Å². The SMILES string of the molecule is CC.CC.CC(C)(C)C.Cc1cc2ncnc(Nc3ccccc3)c2cc1C. The molecule has 28 heavy (non-hydrogen) atoms. The van der Waals surface area contributed by atoms with E-state index in [0.29, 0.717) is 5.41 Å². The third-order valence-corrected chi connectivity index (χ3v) is 3.29. The Balaban J connectivity index is 0.000000698. The zero-order chi connectivity index (χ0) is 21.7. The fourth-order valence-electron chi connectivity index (χ4n) is 2.07. The van der Waals surface area contributed by atoms with Crippen LogP contribution in [-0.2, 0) is 0 Å². The van der Waals surface area contributed by atoms with Gasteiger partial charge in [-0.2, -0.15) is 0 Å². The molecule has 0 atom stereocenters. The van der Waals surface area contributed by atoms with Crippen LogP contribution in [-0.4, -0.2) is 9.97 Å². The Morgan fingerprint density at radius 1 is 0.750 bits per heavy atom. The van der Waals surface area contributed by atoms with Crippen molar-refractivity contribution in [1.29, 1.82) is 0 Å². The van der Waals surface area contributed by atoms with Crippen molar-refractivity contribution in [1.82, 2.24) is 9.97 Å². The number of nitrogens with one attached hydrogen (secondary N) is 1. The lowest BCUT2D eigenvalue weighted by atomic mass is 10.0. The number of benzene rings is 2. The van der Waals surface area contributed by atoms with E-state index in [2.05, 4.69) is 69.0 Å². The molecule has 0 radical (unpaired) electrons. The molecule has 0 unspecified atom stereocenters. The predicted molar refractivity (Wildman–Crippen MR) is 127 cm³/mol. The zero-order valence-corrected chi connectivity index (χ0v) is 19.5. The molecule has 154 valence electrons. The molecule has 0 aliphatic rings. The van der Waals surface area contributed by atoms with Gasteiger partial charge in [-0.15, -0.1) is 0 Å². The maximum atomic E-state index is 4.35. The second-order valence-electron chi connectivity index (χ2n) is 7.67. The number of fused-ring (bicyclic) bond motifs is 1. The summed E-state index contributed by atoms with van der Waals surface area (Å²) in [7, 11) is 0. The summed E-state index contributed by atoms with van der Waals surface area (Å²) >= 11 is 0. The molecule has 1 N–H and O–H groups in total. The van der Waals surface area contributed by atoms with E-state index >= 15 is 0 Å². The Bertz CT molecular complexity index is 797.